The van der Waals surface area contributed by atoms with Gasteiger partial charge in [0.05, 0.1) is 45.6 Å². The number of ketones is 2. The lowest BCUT2D eigenvalue weighted by Gasteiger charge is -2.28. The molecule has 0 spiro atoms. The molecule has 0 bridgehead atoms. The first kappa shape index (κ1) is 33.3. The van der Waals surface area contributed by atoms with Crippen molar-refractivity contribution in [2.24, 2.45) is 5.92 Å². The largest absolute Gasteiger partial charge is 0.497 e. The van der Waals surface area contributed by atoms with Gasteiger partial charge in [-0.3, -0.25) is 24.1 Å². The highest BCUT2D eigenvalue weighted by molar-refractivity contribution is 5.98. The minimum Gasteiger partial charge on any atom is -0.497 e. The van der Waals surface area contributed by atoms with Crippen molar-refractivity contribution in [2.45, 2.75) is 56.9 Å². The average molecular weight is 610 g/mol. The molecule has 4 rings (SSSR count). The lowest BCUT2D eigenvalue weighted by molar-refractivity contribution is -0.135. The summed E-state index contributed by atoms with van der Waals surface area (Å²) in [6, 6.07) is 14.5. The van der Waals surface area contributed by atoms with Crippen molar-refractivity contribution in [2.75, 3.05) is 46.6 Å². The zero-order chi connectivity index (χ0) is 31.7. The van der Waals surface area contributed by atoms with Crippen molar-refractivity contribution in [3.05, 3.63) is 65.7 Å². The monoisotopic (exact) mass is 609 g/mol. The van der Waals surface area contributed by atoms with Gasteiger partial charge < -0.3 is 30.0 Å². The van der Waals surface area contributed by atoms with E-state index in [2.05, 4.69) is 10.6 Å². The number of aliphatic hydroxyl groups excluding tert-OH is 1. The SMILES string of the molecule is COc1ccc(C[C@H](CC(=O)[C@@H](NC(=O)CN2CCOCC2)[C@H](C)O)C(=O)N[C@@H](Cc2ccccc2)C(=O)[C@@]2(C)CO2)cc1. The van der Waals surface area contributed by atoms with Crippen LogP contribution in [0.2, 0.25) is 0 Å². The maximum atomic E-state index is 13.9. The minimum atomic E-state index is -1.20. The molecule has 2 saturated heterocycles. The molecule has 0 unspecified atom stereocenters. The van der Waals surface area contributed by atoms with Crippen LogP contribution in [0.4, 0.5) is 0 Å². The van der Waals surface area contributed by atoms with Crippen LogP contribution < -0.4 is 15.4 Å². The molecule has 2 aromatic carbocycles. The maximum Gasteiger partial charge on any atom is 0.234 e. The number of benzene rings is 2. The van der Waals surface area contributed by atoms with Gasteiger partial charge in [-0.1, -0.05) is 42.5 Å². The molecule has 0 aliphatic carbocycles. The zero-order valence-corrected chi connectivity index (χ0v) is 25.6. The number of hydrogen-bond donors (Lipinski definition) is 3. The van der Waals surface area contributed by atoms with Gasteiger partial charge in [-0.15, -0.1) is 0 Å². The highest BCUT2D eigenvalue weighted by Gasteiger charge is 2.50. The van der Waals surface area contributed by atoms with E-state index in [1.807, 2.05) is 47.4 Å². The fourth-order valence-corrected chi connectivity index (χ4v) is 5.29. The molecular weight excluding hydrogens is 566 g/mol. The number of Topliss-reactive ketones (excluding diaryl/α,β-unsaturated/α-hetero) is 2. The molecule has 11 nitrogen and oxygen atoms in total. The maximum absolute atomic E-state index is 13.9. The smallest absolute Gasteiger partial charge is 0.234 e. The number of amides is 2. The van der Waals surface area contributed by atoms with Crippen molar-refractivity contribution in [3.63, 3.8) is 0 Å². The zero-order valence-electron chi connectivity index (χ0n) is 25.6. The Bertz CT molecular complexity index is 1270. The normalized spacial score (nSPS) is 20.9. The number of nitrogens with zero attached hydrogens (tertiary/aromatic N) is 1. The number of nitrogens with one attached hydrogen (secondary N) is 2. The summed E-state index contributed by atoms with van der Waals surface area (Å²) in [6.45, 7) is 5.71. The molecule has 238 valence electrons. The fraction of sp³-hybridized carbons (Fsp3) is 0.515. The van der Waals surface area contributed by atoms with Crippen LogP contribution >= 0.6 is 0 Å². The molecule has 0 saturated carbocycles. The van der Waals surface area contributed by atoms with E-state index in [1.54, 1.807) is 26.2 Å². The van der Waals surface area contributed by atoms with Crippen molar-refractivity contribution in [3.8, 4) is 5.75 Å². The fourth-order valence-electron chi connectivity index (χ4n) is 5.29. The van der Waals surface area contributed by atoms with Crippen LogP contribution in [0.5, 0.6) is 5.75 Å². The van der Waals surface area contributed by atoms with Crippen molar-refractivity contribution >= 4 is 23.4 Å². The number of aliphatic hydroxyl groups is 1. The molecule has 2 aliphatic heterocycles. The van der Waals surface area contributed by atoms with Crippen LogP contribution in [0, 0.1) is 5.92 Å². The third-order valence-electron chi connectivity index (χ3n) is 8.09. The number of morpholine rings is 1. The third kappa shape index (κ3) is 9.43. The van der Waals surface area contributed by atoms with Crippen LogP contribution in [0.15, 0.2) is 54.6 Å². The molecule has 5 atom stereocenters. The minimum absolute atomic E-state index is 0.0692. The second kappa shape index (κ2) is 15.4. The predicted molar refractivity (Wildman–Crippen MR) is 162 cm³/mol. The molecule has 0 radical (unpaired) electrons. The Kier molecular flexibility index (Phi) is 11.6. The van der Waals surface area contributed by atoms with Crippen LogP contribution in [0.1, 0.15) is 31.4 Å². The second-order valence-electron chi connectivity index (χ2n) is 11.7. The molecule has 2 heterocycles. The Morgan fingerprint density at radius 1 is 0.977 bits per heavy atom. The molecule has 0 aromatic heterocycles. The van der Waals surface area contributed by atoms with Crippen LogP contribution in [0.25, 0.3) is 0 Å². The van der Waals surface area contributed by atoms with E-state index in [9.17, 15) is 24.3 Å². The number of methoxy groups -OCH3 is 1. The van der Waals surface area contributed by atoms with E-state index >= 15 is 0 Å². The molecule has 2 fully saturated rings. The Morgan fingerprint density at radius 3 is 2.20 bits per heavy atom. The summed E-state index contributed by atoms with van der Waals surface area (Å²) in [6.07, 6.45) is -0.983. The summed E-state index contributed by atoms with van der Waals surface area (Å²) in [7, 11) is 1.56. The van der Waals surface area contributed by atoms with Gasteiger partial charge in [0.1, 0.15) is 17.4 Å². The second-order valence-corrected chi connectivity index (χ2v) is 11.7. The summed E-state index contributed by atoms with van der Waals surface area (Å²) >= 11 is 0. The first-order chi connectivity index (χ1) is 21.1. The Labute approximate surface area is 258 Å². The van der Waals surface area contributed by atoms with E-state index in [4.69, 9.17) is 14.2 Å². The van der Waals surface area contributed by atoms with E-state index in [0.29, 0.717) is 32.1 Å². The molecule has 2 aromatic rings. The highest BCUT2D eigenvalue weighted by Crippen LogP contribution is 2.29. The van der Waals surface area contributed by atoms with Crippen molar-refractivity contribution in [1.29, 1.82) is 0 Å². The summed E-state index contributed by atoms with van der Waals surface area (Å²) in [5, 5.41) is 16.0. The van der Waals surface area contributed by atoms with Crippen LogP contribution in [0.3, 0.4) is 0 Å². The quantitative estimate of drug-likeness (QED) is 0.238. The molecule has 11 heteroatoms. The van der Waals surface area contributed by atoms with Gasteiger partial charge in [0, 0.05) is 25.4 Å². The molecular formula is C33H43N3O8. The van der Waals surface area contributed by atoms with E-state index in [0.717, 1.165) is 11.1 Å². The number of carbonyl (C=O) groups is 4. The Balaban J connectivity index is 1.51. The third-order valence-corrected chi connectivity index (χ3v) is 8.09. The van der Waals surface area contributed by atoms with Crippen molar-refractivity contribution < 1.29 is 38.5 Å². The predicted octanol–water partition coefficient (Wildman–Crippen LogP) is 1.10. The Hall–Kier alpha value is -3.64. The van der Waals surface area contributed by atoms with Gasteiger partial charge >= 0.3 is 0 Å². The summed E-state index contributed by atoms with van der Waals surface area (Å²) < 4.78 is 16.0. The van der Waals surface area contributed by atoms with Gasteiger partial charge in [0.15, 0.2) is 11.6 Å². The Morgan fingerprint density at radius 2 is 1.61 bits per heavy atom. The summed E-state index contributed by atoms with van der Waals surface area (Å²) in [5.41, 5.74) is 0.693. The van der Waals surface area contributed by atoms with Gasteiger partial charge in [-0.2, -0.15) is 0 Å². The van der Waals surface area contributed by atoms with Gasteiger partial charge in [0.25, 0.3) is 0 Å². The lowest BCUT2D eigenvalue weighted by Crippen LogP contribution is -2.53. The van der Waals surface area contributed by atoms with Crippen LogP contribution in [-0.4, -0.2) is 104 Å². The average Bonchev–Trinajstić information content (AvgIpc) is 3.78. The topological polar surface area (TPSA) is 147 Å². The number of carbonyl (C=O) groups excluding carboxylic acids is 4. The van der Waals surface area contributed by atoms with Gasteiger partial charge in [-0.05, 0) is 49.9 Å². The van der Waals surface area contributed by atoms with E-state index < -0.39 is 47.3 Å². The number of epoxide rings is 1. The molecule has 44 heavy (non-hydrogen) atoms. The van der Waals surface area contributed by atoms with Crippen molar-refractivity contribution in [1.82, 2.24) is 15.5 Å². The van der Waals surface area contributed by atoms with Crippen LogP contribution in [-0.2, 0) is 41.5 Å². The van der Waals surface area contributed by atoms with E-state index in [1.165, 1.54) is 6.92 Å². The number of rotatable bonds is 16. The molecule has 2 amide bonds. The molecule has 2 aliphatic rings. The summed E-state index contributed by atoms with van der Waals surface area (Å²) in [5.74, 6) is -1.82. The first-order valence-electron chi connectivity index (χ1n) is 15.0. The molecule has 3 N–H and O–H groups in total. The standard InChI is InChI=1S/C33H43N3O8/c1-22(37)30(35-29(39)20-36-13-15-43-16-14-36)28(38)19-25(17-24-9-11-26(42-3)12-10-24)32(41)34-27(31(40)33(2)21-44-33)18-23-7-5-4-6-8-23/h4-12,22,25,27,30,37H,13-21H2,1-3H3,(H,34,41)(H,35,39)/t22-,25+,27-,30-,33+/m0/s1. The van der Waals surface area contributed by atoms with E-state index in [-0.39, 0.29) is 38.2 Å². The number of hydrogen-bond acceptors (Lipinski definition) is 9. The van der Waals surface area contributed by atoms with Gasteiger partial charge in [0.2, 0.25) is 11.8 Å². The lowest BCUT2D eigenvalue weighted by atomic mass is 9.88. The highest BCUT2D eigenvalue weighted by atomic mass is 16.6. The van der Waals surface area contributed by atoms with Gasteiger partial charge in [-0.25, -0.2) is 0 Å². The number of ether oxygens (including phenoxy) is 3. The first-order valence-corrected chi connectivity index (χ1v) is 15.0. The summed E-state index contributed by atoms with van der Waals surface area (Å²) in [4.78, 5) is 55.6.